The van der Waals surface area contributed by atoms with E-state index in [2.05, 4.69) is 27.7 Å². The van der Waals surface area contributed by atoms with Crippen LogP contribution < -0.4 is 0 Å². The van der Waals surface area contributed by atoms with Crippen molar-refractivity contribution < 1.29 is 28.6 Å². The minimum atomic E-state index is -0.757. The summed E-state index contributed by atoms with van der Waals surface area (Å²) >= 11 is 0. The first-order valence-electron chi connectivity index (χ1n) is 21.4. The lowest BCUT2D eigenvalue weighted by atomic mass is 10.0. The Morgan fingerprint density at radius 2 is 0.673 bits per heavy atom. The first-order chi connectivity index (χ1) is 23.9. The quantitative estimate of drug-likeness (QED) is 0.0364. The maximum absolute atomic E-state index is 12.5. The second-order valence-corrected chi connectivity index (χ2v) is 15.1. The SMILES string of the molecule is CCCCCCCCCCCCCCCCCC(=O)OC[C@H](COC(=O)CCCCCCCCCCC(C)C)OC(=O)CCCCCCC. The molecule has 0 fully saturated rings. The molecule has 0 N–H and O–H groups in total. The molecule has 0 aromatic carbocycles. The van der Waals surface area contributed by atoms with Gasteiger partial charge in [0.05, 0.1) is 0 Å². The van der Waals surface area contributed by atoms with Crippen molar-refractivity contribution in [2.75, 3.05) is 13.2 Å². The van der Waals surface area contributed by atoms with Crippen molar-refractivity contribution >= 4 is 17.9 Å². The predicted molar refractivity (Wildman–Crippen MR) is 206 cm³/mol. The third-order valence-electron chi connectivity index (χ3n) is 9.54. The van der Waals surface area contributed by atoms with Gasteiger partial charge in [-0.05, 0) is 25.2 Å². The van der Waals surface area contributed by atoms with Gasteiger partial charge in [-0.15, -0.1) is 0 Å². The van der Waals surface area contributed by atoms with Crippen molar-refractivity contribution in [2.45, 2.75) is 239 Å². The zero-order valence-corrected chi connectivity index (χ0v) is 33.1. The first-order valence-corrected chi connectivity index (χ1v) is 21.4. The Hall–Kier alpha value is -1.59. The molecule has 0 aromatic heterocycles. The van der Waals surface area contributed by atoms with Crippen LogP contribution in [0.5, 0.6) is 0 Å². The van der Waals surface area contributed by atoms with Crippen LogP contribution in [-0.4, -0.2) is 37.2 Å². The van der Waals surface area contributed by atoms with E-state index in [1.165, 1.54) is 122 Å². The molecule has 290 valence electrons. The average Bonchev–Trinajstić information content (AvgIpc) is 3.08. The summed E-state index contributed by atoms with van der Waals surface area (Å²) in [5.41, 5.74) is 0. The maximum Gasteiger partial charge on any atom is 0.306 e. The van der Waals surface area contributed by atoms with Gasteiger partial charge in [0.25, 0.3) is 0 Å². The van der Waals surface area contributed by atoms with Crippen LogP contribution in [-0.2, 0) is 28.6 Å². The molecule has 0 saturated heterocycles. The van der Waals surface area contributed by atoms with E-state index in [0.29, 0.717) is 19.3 Å². The van der Waals surface area contributed by atoms with Crippen molar-refractivity contribution in [3.63, 3.8) is 0 Å². The lowest BCUT2D eigenvalue weighted by molar-refractivity contribution is -0.167. The minimum Gasteiger partial charge on any atom is -0.462 e. The predicted octanol–water partition coefficient (Wildman–Crippen LogP) is 13.2. The molecule has 0 rings (SSSR count). The highest BCUT2D eigenvalue weighted by Crippen LogP contribution is 2.16. The molecule has 0 saturated carbocycles. The fraction of sp³-hybridized carbons (Fsp3) is 0.930. The van der Waals surface area contributed by atoms with E-state index < -0.39 is 6.10 Å². The lowest BCUT2D eigenvalue weighted by Gasteiger charge is -2.18. The smallest absolute Gasteiger partial charge is 0.306 e. The van der Waals surface area contributed by atoms with Gasteiger partial charge in [0.1, 0.15) is 13.2 Å². The topological polar surface area (TPSA) is 78.9 Å². The van der Waals surface area contributed by atoms with Crippen molar-refractivity contribution in [3.05, 3.63) is 0 Å². The van der Waals surface area contributed by atoms with Gasteiger partial charge in [0.2, 0.25) is 0 Å². The van der Waals surface area contributed by atoms with Crippen molar-refractivity contribution in [1.29, 1.82) is 0 Å². The van der Waals surface area contributed by atoms with E-state index >= 15 is 0 Å². The molecule has 0 aliphatic heterocycles. The molecule has 0 aromatic rings. The van der Waals surface area contributed by atoms with Gasteiger partial charge < -0.3 is 14.2 Å². The van der Waals surface area contributed by atoms with Gasteiger partial charge in [-0.2, -0.15) is 0 Å². The highest BCUT2D eigenvalue weighted by atomic mass is 16.6. The molecule has 0 spiro atoms. The molecule has 0 aliphatic rings. The van der Waals surface area contributed by atoms with Gasteiger partial charge in [-0.3, -0.25) is 14.4 Å². The number of hydrogen-bond acceptors (Lipinski definition) is 6. The van der Waals surface area contributed by atoms with Gasteiger partial charge in [-0.1, -0.05) is 195 Å². The molecule has 0 amide bonds. The number of esters is 3. The Bertz CT molecular complexity index is 736. The van der Waals surface area contributed by atoms with E-state index in [-0.39, 0.29) is 31.1 Å². The Morgan fingerprint density at radius 1 is 0.388 bits per heavy atom. The molecule has 0 unspecified atom stereocenters. The molecule has 1 atom stereocenters. The van der Waals surface area contributed by atoms with Crippen molar-refractivity contribution in [2.24, 2.45) is 5.92 Å². The van der Waals surface area contributed by atoms with E-state index in [1.807, 2.05) is 0 Å². The van der Waals surface area contributed by atoms with Crippen LogP contribution in [0.2, 0.25) is 0 Å². The standard InChI is InChI=1S/C43H82O6/c1-5-7-9-11-12-13-14-15-16-17-18-19-23-27-30-34-41(44)47-37-40(49-43(46)36-32-25-10-8-6-2)38-48-42(45)35-31-28-24-21-20-22-26-29-33-39(3)4/h39-40H,5-38H2,1-4H3/t40-/m1/s1. The van der Waals surface area contributed by atoms with Gasteiger partial charge in [0.15, 0.2) is 6.10 Å². The summed E-state index contributed by atoms with van der Waals surface area (Å²) in [4.78, 5) is 37.3. The van der Waals surface area contributed by atoms with Crippen molar-refractivity contribution in [3.8, 4) is 0 Å². The van der Waals surface area contributed by atoms with Crippen LogP contribution in [0.1, 0.15) is 233 Å². The zero-order valence-electron chi connectivity index (χ0n) is 33.1. The average molecular weight is 695 g/mol. The van der Waals surface area contributed by atoms with Crippen LogP contribution in [0.15, 0.2) is 0 Å². The normalized spacial score (nSPS) is 11.9. The molecule has 6 heteroatoms. The van der Waals surface area contributed by atoms with E-state index in [9.17, 15) is 14.4 Å². The molecular weight excluding hydrogens is 612 g/mol. The van der Waals surface area contributed by atoms with Crippen LogP contribution in [0.3, 0.4) is 0 Å². The summed E-state index contributed by atoms with van der Waals surface area (Å²) in [6.07, 6.45) is 35.5. The summed E-state index contributed by atoms with van der Waals surface area (Å²) in [7, 11) is 0. The third-order valence-corrected chi connectivity index (χ3v) is 9.54. The molecule has 6 nitrogen and oxygen atoms in total. The summed E-state index contributed by atoms with van der Waals surface area (Å²) < 4.78 is 16.6. The number of carbonyl (C=O) groups is 3. The van der Waals surface area contributed by atoms with Crippen molar-refractivity contribution in [1.82, 2.24) is 0 Å². The zero-order chi connectivity index (χ0) is 36.0. The number of rotatable bonds is 38. The van der Waals surface area contributed by atoms with Crippen LogP contribution in [0.4, 0.5) is 0 Å². The molecular formula is C43H82O6. The number of hydrogen-bond donors (Lipinski definition) is 0. The lowest BCUT2D eigenvalue weighted by Crippen LogP contribution is -2.30. The second-order valence-electron chi connectivity index (χ2n) is 15.1. The molecule has 0 heterocycles. The van der Waals surface area contributed by atoms with Gasteiger partial charge in [-0.25, -0.2) is 0 Å². The van der Waals surface area contributed by atoms with E-state index in [0.717, 1.165) is 70.1 Å². The molecule has 49 heavy (non-hydrogen) atoms. The number of carbonyl (C=O) groups excluding carboxylic acids is 3. The highest BCUT2D eigenvalue weighted by Gasteiger charge is 2.19. The Balaban J connectivity index is 4.15. The third kappa shape index (κ3) is 37.5. The Labute approximate surface area is 304 Å². The Morgan fingerprint density at radius 3 is 1.00 bits per heavy atom. The fourth-order valence-electron chi connectivity index (χ4n) is 6.27. The monoisotopic (exact) mass is 695 g/mol. The fourth-order valence-corrected chi connectivity index (χ4v) is 6.27. The minimum absolute atomic E-state index is 0.0659. The van der Waals surface area contributed by atoms with E-state index in [4.69, 9.17) is 14.2 Å². The molecule has 0 aliphatic carbocycles. The second kappa shape index (κ2) is 37.7. The number of unbranched alkanes of at least 4 members (excludes halogenated alkanes) is 25. The molecule has 0 bridgehead atoms. The summed E-state index contributed by atoms with van der Waals surface area (Å²) in [5.74, 6) is -0.0776. The molecule has 0 radical (unpaired) electrons. The summed E-state index contributed by atoms with van der Waals surface area (Å²) in [6.45, 7) is 8.87. The highest BCUT2D eigenvalue weighted by molar-refractivity contribution is 5.71. The summed E-state index contributed by atoms with van der Waals surface area (Å²) in [6, 6.07) is 0. The van der Waals surface area contributed by atoms with Gasteiger partial charge >= 0.3 is 17.9 Å². The first kappa shape index (κ1) is 47.4. The number of ether oxygens (including phenoxy) is 3. The van der Waals surface area contributed by atoms with Crippen LogP contribution in [0, 0.1) is 5.92 Å². The Kier molecular flexibility index (Phi) is 36.4. The van der Waals surface area contributed by atoms with Gasteiger partial charge in [0, 0.05) is 19.3 Å². The van der Waals surface area contributed by atoms with E-state index in [1.54, 1.807) is 0 Å². The largest absolute Gasteiger partial charge is 0.462 e. The maximum atomic E-state index is 12.5. The summed E-state index contributed by atoms with van der Waals surface area (Å²) in [5, 5.41) is 0. The van der Waals surface area contributed by atoms with Crippen LogP contribution >= 0.6 is 0 Å². The van der Waals surface area contributed by atoms with Crippen LogP contribution in [0.25, 0.3) is 0 Å².